The van der Waals surface area contributed by atoms with Gasteiger partial charge in [-0.3, -0.25) is 14.8 Å². The Morgan fingerprint density at radius 2 is 2.00 bits per heavy atom. The maximum Gasteiger partial charge on any atom is 0.267 e. The van der Waals surface area contributed by atoms with Gasteiger partial charge in [0.15, 0.2) is 0 Å². The molecule has 2 amide bonds. The highest BCUT2D eigenvalue weighted by molar-refractivity contribution is 6.03. The second kappa shape index (κ2) is 8.22. The summed E-state index contributed by atoms with van der Waals surface area (Å²) in [5.41, 5.74) is 2.72. The van der Waals surface area contributed by atoms with Gasteiger partial charge in [-0.25, -0.2) is 9.87 Å². The van der Waals surface area contributed by atoms with Crippen LogP contribution >= 0.6 is 0 Å². The normalized spacial score (nSPS) is 18.3. The van der Waals surface area contributed by atoms with Gasteiger partial charge in [-0.2, -0.15) is 0 Å². The number of rotatable bonds is 6. The summed E-state index contributed by atoms with van der Waals surface area (Å²) in [6.45, 7) is 1.96. The van der Waals surface area contributed by atoms with Crippen molar-refractivity contribution in [2.24, 2.45) is 0 Å². The highest BCUT2D eigenvalue weighted by Crippen LogP contribution is 2.32. The van der Waals surface area contributed by atoms with Gasteiger partial charge in [-0.05, 0) is 43.0 Å². The van der Waals surface area contributed by atoms with Crippen molar-refractivity contribution in [1.29, 1.82) is 0 Å². The molecule has 0 aliphatic carbocycles. The Labute approximate surface area is 162 Å². The first-order valence-corrected chi connectivity index (χ1v) is 9.06. The summed E-state index contributed by atoms with van der Waals surface area (Å²) in [7, 11) is 0. The Kier molecular flexibility index (Phi) is 5.75. The highest BCUT2D eigenvalue weighted by atomic mass is 19.1. The number of hydroxylamine groups is 1. The molecular formula is C21H22FN3O3. The average molecular weight is 383 g/mol. The van der Waals surface area contributed by atoms with Crippen LogP contribution in [-0.4, -0.2) is 22.7 Å². The first-order valence-electron chi connectivity index (χ1n) is 9.06. The standard InChI is InChI=1S/C21H22FN3O3/c1-2-21(11-10-14-6-4-3-5-7-14)23-18-13-17(22)15(8-9-19(26)25-28)12-16(18)20(27)24-21/h3-9,12-13,23,28H,2,10-11H2,1H3,(H,24,27)(H,25,26)/b9-8+. The van der Waals surface area contributed by atoms with E-state index in [1.54, 1.807) is 0 Å². The Morgan fingerprint density at radius 3 is 2.68 bits per heavy atom. The summed E-state index contributed by atoms with van der Waals surface area (Å²) in [4.78, 5) is 23.8. The topological polar surface area (TPSA) is 90.5 Å². The molecule has 2 aromatic rings. The van der Waals surface area contributed by atoms with E-state index >= 15 is 0 Å². The molecule has 6 nitrogen and oxygen atoms in total. The molecule has 3 rings (SSSR count). The van der Waals surface area contributed by atoms with Crippen molar-refractivity contribution in [3.63, 3.8) is 0 Å². The average Bonchev–Trinajstić information content (AvgIpc) is 2.71. The largest absolute Gasteiger partial charge is 0.362 e. The van der Waals surface area contributed by atoms with Crippen molar-refractivity contribution in [1.82, 2.24) is 10.8 Å². The van der Waals surface area contributed by atoms with Crippen LogP contribution in [0.1, 0.15) is 41.3 Å². The summed E-state index contributed by atoms with van der Waals surface area (Å²) in [5.74, 6) is -1.66. The summed E-state index contributed by atoms with van der Waals surface area (Å²) in [5, 5.41) is 14.8. The number of fused-ring (bicyclic) bond motifs is 1. The van der Waals surface area contributed by atoms with E-state index < -0.39 is 17.4 Å². The lowest BCUT2D eigenvalue weighted by Gasteiger charge is -2.40. The lowest BCUT2D eigenvalue weighted by molar-refractivity contribution is -0.124. The summed E-state index contributed by atoms with van der Waals surface area (Å²) in [6, 6.07) is 12.6. The van der Waals surface area contributed by atoms with Crippen LogP contribution in [0.3, 0.4) is 0 Å². The van der Waals surface area contributed by atoms with Crippen LogP contribution in [0.5, 0.6) is 0 Å². The number of nitrogens with one attached hydrogen (secondary N) is 3. The molecule has 4 N–H and O–H groups in total. The molecular weight excluding hydrogens is 361 g/mol. The van der Waals surface area contributed by atoms with Crippen molar-refractivity contribution < 1.29 is 19.2 Å². The molecule has 1 atom stereocenters. The molecule has 28 heavy (non-hydrogen) atoms. The second-order valence-corrected chi connectivity index (χ2v) is 6.73. The first kappa shape index (κ1) is 19.6. The molecule has 0 spiro atoms. The van der Waals surface area contributed by atoms with E-state index in [2.05, 4.69) is 10.6 Å². The van der Waals surface area contributed by atoms with E-state index in [-0.39, 0.29) is 11.5 Å². The molecule has 1 unspecified atom stereocenters. The number of benzene rings is 2. The zero-order chi connectivity index (χ0) is 20.1. The van der Waals surface area contributed by atoms with Crippen molar-refractivity contribution in [2.75, 3.05) is 5.32 Å². The molecule has 1 aliphatic rings. The van der Waals surface area contributed by atoms with Crippen LogP contribution < -0.4 is 16.1 Å². The van der Waals surface area contributed by atoms with Gasteiger partial charge < -0.3 is 10.6 Å². The third-order valence-electron chi connectivity index (χ3n) is 4.92. The zero-order valence-electron chi connectivity index (χ0n) is 15.5. The molecule has 7 heteroatoms. The minimum atomic E-state index is -0.786. The van der Waals surface area contributed by atoms with Gasteiger partial charge in [-0.1, -0.05) is 37.3 Å². The van der Waals surface area contributed by atoms with Crippen LogP contribution in [0.15, 0.2) is 48.5 Å². The molecule has 1 aliphatic heterocycles. The lowest BCUT2D eigenvalue weighted by Crippen LogP contribution is -2.57. The predicted molar refractivity (Wildman–Crippen MR) is 104 cm³/mol. The maximum absolute atomic E-state index is 14.4. The van der Waals surface area contributed by atoms with Gasteiger partial charge in [0.25, 0.3) is 11.8 Å². The molecule has 1 heterocycles. The van der Waals surface area contributed by atoms with Gasteiger partial charge in [0.1, 0.15) is 11.5 Å². The van der Waals surface area contributed by atoms with Gasteiger partial charge >= 0.3 is 0 Å². The summed E-state index contributed by atoms with van der Waals surface area (Å²) >= 11 is 0. The van der Waals surface area contributed by atoms with Gasteiger partial charge in [0, 0.05) is 11.6 Å². The number of aryl methyl sites for hydroxylation is 1. The molecule has 0 aromatic heterocycles. The first-order chi connectivity index (χ1) is 13.5. The Morgan fingerprint density at radius 1 is 1.25 bits per heavy atom. The fourth-order valence-corrected chi connectivity index (χ4v) is 3.27. The number of carbonyl (C=O) groups excluding carboxylic acids is 2. The monoisotopic (exact) mass is 383 g/mol. The molecule has 146 valence electrons. The molecule has 0 saturated carbocycles. The molecule has 0 saturated heterocycles. The van der Waals surface area contributed by atoms with E-state index in [4.69, 9.17) is 5.21 Å². The minimum Gasteiger partial charge on any atom is -0.362 e. The zero-order valence-corrected chi connectivity index (χ0v) is 15.5. The van der Waals surface area contributed by atoms with Crippen LogP contribution in [0, 0.1) is 5.82 Å². The Hall–Kier alpha value is -3.19. The highest BCUT2D eigenvalue weighted by Gasteiger charge is 2.36. The summed E-state index contributed by atoms with van der Waals surface area (Å²) in [6.07, 6.45) is 4.22. The number of amides is 2. The number of hydrogen-bond donors (Lipinski definition) is 4. The van der Waals surface area contributed by atoms with Crippen molar-refractivity contribution >= 4 is 23.6 Å². The van der Waals surface area contributed by atoms with E-state index in [0.717, 1.165) is 18.1 Å². The van der Waals surface area contributed by atoms with Crippen LogP contribution in [0.25, 0.3) is 6.08 Å². The smallest absolute Gasteiger partial charge is 0.267 e. The molecule has 0 bridgehead atoms. The quantitative estimate of drug-likeness (QED) is 0.350. The van der Waals surface area contributed by atoms with Crippen molar-refractivity contribution in [3.8, 4) is 0 Å². The fourth-order valence-electron chi connectivity index (χ4n) is 3.27. The third kappa shape index (κ3) is 4.20. The van der Waals surface area contributed by atoms with E-state index in [9.17, 15) is 14.0 Å². The Bertz CT molecular complexity index is 915. The van der Waals surface area contributed by atoms with E-state index in [0.29, 0.717) is 24.1 Å². The van der Waals surface area contributed by atoms with E-state index in [1.807, 2.05) is 37.3 Å². The van der Waals surface area contributed by atoms with Gasteiger partial charge in [0.05, 0.1) is 11.3 Å². The van der Waals surface area contributed by atoms with Crippen molar-refractivity contribution in [3.05, 3.63) is 71.0 Å². The number of halogens is 1. The molecule has 0 radical (unpaired) electrons. The fraction of sp³-hybridized carbons (Fsp3) is 0.238. The number of carbonyl (C=O) groups is 2. The van der Waals surface area contributed by atoms with Crippen molar-refractivity contribution in [2.45, 2.75) is 31.8 Å². The molecule has 2 aromatic carbocycles. The van der Waals surface area contributed by atoms with Crippen LogP contribution in [-0.2, 0) is 11.2 Å². The van der Waals surface area contributed by atoms with E-state index in [1.165, 1.54) is 23.7 Å². The number of anilines is 1. The number of hydrogen-bond acceptors (Lipinski definition) is 4. The van der Waals surface area contributed by atoms with Gasteiger partial charge in [0.2, 0.25) is 0 Å². The molecule has 0 fully saturated rings. The van der Waals surface area contributed by atoms with Gasteiger partial charge in [-0.15, -0.1) is 0 Å². The Balaban J connectivity index is 1.85. The summed E-state index contributed by atoms with van der Waals surface area (Å²) < 4.78 is 14.4. The second-order valence-electron chi connectivity index (χ2n) is 6.73. The SMILES string of the molecule is CCC1(CCc2ccccc2)NC(=O)c2cc(/C=C/C(=O)NO)c(F)cc2N1. The van der Waals surface area contributed by atoms with Crippen LogP contribution in [0.2, 0.25) is 0 Å². The maximum atomic E-state index is 14.4. The third-order valence-corrected chi connectivity index (χ3v) is 4.92. The predicted octanol–water partition coefficient (Wildman–Crippen LogP) is 3.24. The van der Waals surface area contributed by atoms with Crippen LogP contribution in [0.4, 0.5) is 10.1 Å². The minimum absolute atomic E-state index is 0.0765. The lowest BCUT2D eigenvalue weighted by atomic mass is 9.92.